The maximum Gasteiger partial charge on any atom is 0.0216 e. The van der Waals surface area contributed by atoms with Gasteiger partial charge in [0.1, 0.15) is 0 Å². The van der Waals surface area contributed by atoms with Gasteiger partial charge in [0, 0.05) is 38.8 Å². The maximum atomic E-state index is 5.85. The summed E-state index contributed by atoms with van der Waals surface area (Å²) in [7, 11) is 0. The minimum atomic E-state index is 0.607. The first-order chi connectivity index (χ1) is 10.3. The van der Waals surface area contributed by atoms with E-state index in [-0.39, 0.29) is 0 Å². The first-order valence-corrected chi connectivity index (χ1v) is 9.48. The molecule has 0 aromatic heterocycles. The van der Waals surface area contributed by atoms with Crippen molar-refractivity contribution in [2.75, 3.05) is 39.3 Å². The molecule has 3 heteroatoms. The summed E-state index contributed by atoms with van der Waals surface area (Å²) in [5, 5.41) is 0. The van der Waals surface area contributed by atoms with E-state index in [0.717, 1.165) is 6.54 Å². The Labute approximate surface area is 133 Å². The van der Waals surface area contributed by atoms with E-state index in [2.05, 4.69) is 23.6 Å². The predicted molar refractivity (Wildman–Crippen MR) is 93.8 cm³/mol. The first-order valence-electron chi connectivity index (χ1n) is 9.48. The van der Waals surface area contributed by atoms with Crippen molar-refractivity contribution in [1.29, 1.82) is 0 Å². The van der Waals surface area contributed by atoms with Crippen molar-refractivity contribution in [3.63, 3.8) is 0 Å². The average Bonchev–Trinajstić information content (AvgIpc) is 2.52. The fourth-order valence-electron chi connectivity index (χ4n) is 3.40. The van der Waals surface area contributed by atoms with Gasteiger partial charge in [-0.1, -0.05) is 58.8 Å². The minimum Gasteiger partial charge on any atom is -0.329 e. The Balaban J connectivity index is 1.96. The molecule has 0 amide bonds. The zero-order valence-corrected chi connectivity index (χ0v) is 14.7. The molecule has 1 aliphatic heterocycles. The Morgan fingerprint density at radius 2 is 1.38 bits per heavy atom. The molecule has 1 unspecified atom stereocenters. The van der Waals surface area contributed by atoms with E-state index in [0.29, 0.717) is 6.04 Å². The molecule has 1 saturated heterocycles. The van der Waals surface area contributed by atoms with Gasteiger partial charge in [0.05, 0.1) is 0 Å². The lowest BCUT2D eigenvalue weighted by Gasteiger charge is -2.38. The van der Waals surface area contributed by atoms with Crippen LogP contribution in [0.2, 0.25) is 0 Å². The number of hydrogen-bond donors (Lipinski definition) is 1. The highest BCUT2D eigenvalue weighted by molar-refractivity contribution is 4.78. The van der Waals surface area contributed by atoms with Gasteiger partial charge in [0.2, 0.25) is 0 Å². The molecular formula is C18H39N3. The molecule has 0 aliphatic carbocycles. The highest BCUT2D eigenvalue weighted by atomic mass is 15.3. The number of nitrogens with two attached hydrogens (primary N) is 1. The van der Waals surface area contributed by atoms with E-state index in [1.54, 1.807) is 0 Å². The third-order valence-corrected chi connectivity index (χ3v) is 4.99. The molecule has 0 radical (unpaired) electrons. The van der Waals surface area contributed by atoms with Crippen LogP contribution in [0, 0.1) is 0 Å². The number of rotatable bonds is 12. The lowest BCUT2D eigenvalue weighted by Crippen LogP contribution is -2.52. The number of piperazine rings is 1. The molecule has 1 aliphatic rings. The second-order valence-corrected chi connectivity index (χ2v) is 6.65. The molecule has 0 saturated carbocycles. The summed E-state index contributed by atoms with van der Waals surface area (Å²) in [4.78, 5) is 5.24. The van der Waals surface area contributed by atoms with Gasteiger partial charge in [0.25, 0.3) is 0 Å². The highest BCUT2D eigenvalue weighted by Gasteiger charge is 2.21. The standard InChI is InChI=1S/C18H39N3/c1-3-5-6-7-8-9-10-11-12-20-13-15-21(16-14-20)18(4-2)17-19/h18H,3-17,19H2,1-2H3. The Bertz CT molecular complexity index is 221. The summed E-state index contributed by atoms with van der Waals surface area (Å²) in [6.07, 6.45) is 12.6. The number of hydrogen-bond acceptors (Lipinski definition) is 3. The third kappa shape index (κ3) is 8.18. The van der Waals surface area contributed by atoms with Gasteiger partial charge in [-0.15, -0.1) is 0 Å². The van der Waals surface area contributed by atoms with Crippen LogP contribution in [0.25, 0.3) is 0 Å². The van der Waals surface area contributed by atoms with Crippen LogP contribution in [0.1, 0.15) is 71.6 Å². The number of unbranched alkanes of at least 4 members (excludes halogenated alkanes) is 7. The quantitative estimate of drug-likeness (QED) is 0.560. The monoisotopic (exact) mass is 297 g/mol. The molecule has 1 atom stereocenters. The van der Waals surface area contributed by atoms with Crippen molar-refractivity contribution in [2.45, 2.75) is 77.7 Å². The first kappa shape index (κ1) is 18.9. The van der Waals surface area contributed by atoms with Crippen molar-refractivity contribution < 1.29 is 0 Å². The second kappa shape index (κ2) is 12.4. The van der Waals surface area contributed by atoms with E-state index >= 15 is 0 Å². The summed E-state index contributed by atoms with van der Waals surface area (Å²) < 4.78 is 0. The maximum absolute atomic E-state index is 5.85. The molecular weight excluding hydrogens is 258 g/mol. The smallest absolute Gasteiger partial charge is 0.0216 e. The molecule has 0 aromatic rings. The molecule has 2 N–H and O–H groups in total. The number of nitrogens with zero attached hydrogens (tertiary/aromatic N) is 2. The fourth-order valence-corrected chi connectivity index (χ4v) is 3.40. The molecule has 21 heavy (non-hydrogen) atoms. The van der Waals surface area contributed by atoms with Gasteiger partial charge in [-0.25, -0.2) is 0 Å². The summed E-state index contributed by atoms with van der Waals surface area (Å²) in [5.74, 6) is 0. The molecule has 1 rings (SSSR count). The normalized spacial score (nSPS) is 19.0. The van der Waals surface area contributed by atoms with Crippen molar-refractivity contribution in [1.82, 2.24) is 9.80 Å². The van der Waals surface area contributed by atoms with Gasteiger partial charge in [-0.3, -0.25) is 4.90 Å². The van der Waals surface area contributed by atoms with Crippen LogP contribution >= 0.6 is 0 Å². The lowest BCUT2D eigenvalue weighted by molar-refractivity contribution is 0.0956. The van der Waals surface area contributed by atoms with Crippen LogP contribution < -0.4 is 5.73 Å². The second-order valence-electron chi connectivity index (χ2n) is 6.65. The fraction of sp³-hybridized carbons (Fsp3) is 1.00. The summed E-state index contributed by atoms with van der Waals surface area (Å²) in [6, 6.07) is 0.607. The van der Waals surface area contributed by atoms with Gasteiger partial charge in [0.15, 0.2) is 0 Å². The summed E-state index contributed by atoms with van der Waals surface area (Å²) in [5.41, 5.74) is 5.85. The van der Waals surface area contributed by atoms with Crippen molar-refractivity contribution >= 4 is 0 Å². The third-order valence-electron chi connectivity index (χ3n) is 4.99. The van der Waals surface area contributed by atoms with Crippen molar-refractivity contribution in [3.8, 4) is 0 Å². The molecule has 0 aromatic carbocycles. The van der Waals surface area contributed by atoms with E-state index in [4.69, 9.17) is 5.73 Å². The average molecular weight is 298 g/mol. The van der Waals surface area contributed by atoms with Gasteiger partial charge in [-0.05, 0) is 19.4 Å². The van der Waals surface area contributed by atoms with E-state index < -0.39 is 0 Å². The van der Waals surface area contributed by atoms with Crippen LogP contribution in [0.15, 0.2) is 0 Å². The van der Waals surface area contributed by atoms with Crippen molar-refractivity contribution in [3.05, 3.63) is 0 Å². The highest BCUT2D eigenvalue weighted by Crippen LogP contribution is 2.11. The van der Waals surface area contributed by atoms with Gasteiger partial charge in [-0.2, -0.15) is 0 Å². The van der Waals surface area contributed by atoms with Crippen LogP contribution in [-0.4, -0.2) is 55.1 Å². The topological polar surface area (TPSA) is 32.5 Å². The van der Waals surface area contributed by atoms with E-state index in [1.807, 2.05) is 0 Å². The molecule has 126 valence electrons. The SMILES string of the molecule is CCCCCCCCCCN1CCN(C(CC)CN)CC1. The van der Waals surface area contributed by atoms with Crippen LogP contribution in [0.5, 0.6) is 0 Å². The van der Waals surface area contributed by atoms with E-state index in [1.165, 1.54) is 90.5 Å². The minimum absolute atomic E-state index is 0.607. The Kier molecular flexibility index (Phi) is 11.2. The Morgan fingerprint density at radius 1 is 0.810 bits per heavy atom. The van der Waals surface area contributed by atoms with Gasteiger partial charge < -0.3 is 10.6 Å². The van der Waals surface area contributed by atoms with Crippen LogP contribution in [0.3, 0.4) is 0 Å². The van der Waals surface area contributed by atoms with Crippen LogP contribution in [0.4, 0.5) is 0 Å². The van der Waals surface area contributed by atoms with Crippen molar-refractivity contribution in [2.24, 2.45) is 5.73 Å². The van der Waals surface area contributed by atoms with E-state index in [9.17, 15) is 0 Å². The molecule has 0 bridgehead atoms. The lowest BCUT2D eigenvalue weighted by atomic mass is 10.1. The van der Waals surface area contributed by atoms with Crippen LogP contribution in [-0.2, 0) is 0 Å². The Hall–Kier alpha value is -0.120. The largest absolute Gasteiger partial charge is 0.329 e. The Morgan fingerprint density at radius 3 is 1.90 bits per heavy atom. The zero-order chi connectivity index (χ0) is 15.3. The molecule has 0 spiro atoms. The summed E-state index contributed by atoms with van der Waals surface area (Å²) >= 11 is 0. The molecule has 3 nitrogen and oxygen atoms in total. The predicted octanol–water partition coefficient (Wildman–Crippen LogP) is 3.48. The zero-order valence-electron chi connectivity index (χ0n) is 14.7. The molecule has 1 fully saturated rings. The molecule has 1 heterocycles. The summed E-state index contributed by atoms with van der Waals surface area (Å²) in [6.45, 7) is 11.6. The van der Waals surface area contributed by atoms with Gasteiger partial charge >= 0.3 is 0 Å².